The molecule has 0 radical (unpaired) electrons. The zero-order chi connectivity index (χ0) is 12.7. The second-order valence-corrected chi connectivity index (χ2v) is 4.19. The third-order valence-electron chi connectivity index (χ3n) is 2.40. The maximum Gasteiger partial charge on any atom is 0.253 e. The van der Waals surface area contributed by atoms with E-state index in [1.165, 1.54) is 6.92 Å². The summed E-state index contributed by atoms with van der Waals surface area (Å²) in [6.45, 7) is 4.24. The number of ether oxygens (including phenoxy) is 1. The molecule has 0 aromatic heterocycles. The molecule has 0 spiro atoms. The van der Waals surface area contributed by atoms with Crippen molar-refractivity contribution in [2.45, 2.75) is 39.0 Å². The molecule has 17 heavy (non-hydrogen) atoms. The molecule has 1 aromatic rings. The molecule has 0 saturated heterocycles. The van der Waals surface area contributed by atoms with E-state index in [4.69, 9.17) is 4.74 Å². The number of alkyl halides is 2. The second-order valence-electron chi connectivity index (χ2n) is 4.19. The molecule has 0 aliphatic carbocycles. The van der Waals surface area contributed by atoms with E-state index in [2.05, 4.69) is 5.32 Å². The summed E-state index contributed by atoms with van der Waals surface area (Å²) in [6.07, 6.45) is -2.34. The van der Waals surface area contributed by atoms with Crippen molar-refractivity contribution >= 4 is 0 Å². The van der Waals surface area contributed by atoms with E-state index < -0.39 is 12.5 Å². The lowest BCUT2D eigenvalue weighted by Crippen LogP contribution is -2.41. The van der Waals surface area contributed by atoms with Crippen molar-refractivity contribution in [1.29, 1.82) is 0 Å². The average Bonchev–Trinajstić information content (AvgIpc) is 2.30. The van der Waals surface area contributed by atoms with Crippen LogP contribution in [-0.2, 0) is 11.3 Å². The minimum Gasteiger partial charge on any atom is -0.375 e. The highest BCUT2D eigenvalue weighted by Gasteiger charge is 2.16. The maximum atomic E-state index is 12.3. The molecule has 2 atom stereocenters. The Morgan fingerprint density at radius 2 is 1.82 bits per heavy atom. The van der Waals surface area contributed by atoms with Crippen molar-refractivity contribution in [2.75, 3.05) is 6.61 Å². The van der Waals surface area contributed by atoms with Crippen molar-refractivity contribution in [2.24, 2.45) is 0 Å². The summed E-state index contributed by atoms with van der Waals surface area (Å²) >= 11 is 0. The summed E-state index contributed by atoms with van der Waals surface area (Å²) in [7, 11) is 0. The molecule has 96 valence electrons. The van der Waals surface area contributed by atoms with E-state index >= 15 is 0 Å². The molecule has 1 aromatic carbocycles. The van der Waals surface area contributed by atoms with Gasteiger partial charge in [-0.05, 0) is 19.4 Å². The van der Waals surface area contributed by atoms with E-state index in [0.29, 0.717) is 13.2 Å². The first-order valence-corrected chi connectivity index (χ1v) is 5.75. The SMILES string of the molecule is CC(COCc1ccccc1)NC(C)C(F)F. The number of hydrogen-bond donors (Lipinski definition) is 1. The molecule has 0 fully saturated rings. The molecule has 4 heteroatoms. The lowest BCUT2D eigenvalue weighted by molar-refractivity contribution is 0.0709. The first kappa shape index (κ1) is 14.1. The highest BCUT2D eigenvalue weighted by atomic mass is 19.3. The third-order valence-corrected chi connectivity index (χ3v) is 2.40. The van der Waals surface area contributed by atoms with Gasteiger partial charge in [0.15, 0.2) is 0 Å². The summed E-state index contributed by atoms with van der Waals surface area (Å²) in [5.74, 6) is 0. The number of halogens is 2. The Bertz CT molecular complexity index is 306. The molecule has 0 aliphatic rings. The van der Waals surface area contributed by atoms with Crippen LogP contribution >= 0.6 is 0 Å². The van der Waals surface area contributed by atoms with Gasteiger partial charge in [-0.15, -0.1) is 0 Å². The molecule has 1 rings (SSSR count). The fourth-order valence-corrected chi connectivity index (χ4v) is 1.50. The molecule has 2 nitrogen and oxygen atoms in total. The maximum absolute atomic E-state index is 12.3. The van der Waals surface area contributed by atoms with Crippen LogP contribution in [0.3, 0.4) is 0 Å². The summed E-state index contributed by atoms with van der Waals surface area (Å²) in [5, 5.41) is 2.79. The Kier molecular flexibility index (Phi) is 6.08. The van der Waals surface area contributed by atoms with E-state index in [0.717, 1.165) is 5.56 Å². The molecule has 0 aliphatic heterocycles. The first-order valence-electron chi connectivity index (χ1n) is 5.75. The van der Waals surface area contributed by atoms with Gasteiger partial charge in [-0.2, -0.15) is 0 Å². The van der Waals surface area contributed by atoms with E-state index in [9.17, 15) is 8.78 Å². The molecule has 0 bridgehead atoms. The van der Waals surface area contributed by atoms with Crippen LogP contribution < -0.4 is 5.32 Å². The largest absolute Gasteiger partial charge is 0.375 e. The van der Waals surface area contributed by atoms with Crippen LogP contribution in [0.15, 0.2) is 30.3 Å². The predicted octanol–water partition coefficient (Wildman–Crippen LogP) is 2.83. The van der Waals surface area contributed by atoms with Gasteiger partial charge in [-0.25, -0.2) is 8.78 Å². The van der Waals surface area contributed by atoms with Crippen molar-refractivity contribution in [3.05, 3.63) is 35.9 Å². The van der Waals surface area contributed by atoms with Gasteiger partial charge in [0.25, 0.3) is 6.43 Å². The normalized spacial score (nSPS) is 14.9. The fraction of sp³-hybridized carbons (Fsp3) is 0.538. The Morgan fingerprint density at radius 1 is 1.18 bits per heavy atom. The van der Waals surface area contributed by atoms with Crippen LogP contribution in [0, 0.1) is 0 Å². The van der Waals surface area contributed by atoms with Gasteiger partial charge in [0.2, 0.25) is 0 Å². The van der Waals surface area contributed by atoms with E-state index in [-0.39, 0.29) is 6.04 Å². The van der Waals surface area contributed by atoms with Gasteiger partial charge >= 0.3 is 0 Å². The van der Waals surface area contributed by atoms with E-state index in [1.807, 2.05) is 37.3 Å². The van der Waals surface area contributed by atoms with Gasteiger partial charge in [0, 0.05) is 6.04 Å². The van der Waals surface area contributed by atoms with Crippen LogP contribution in [0.5, 0.6) is 0 Å². The average molecular weight is 243 g/mol. The quantitative estimate of drug-likeness (QED) is 0.795. The summed E-state index contributed by atoms with van der Waals surface area (Å²) in [6, 6.07) is 8.89. The van der Waals surface area contributed by atoms with Crippen molar-refractivity contribution in [1.82, 2.24) is 5.32 Å². The predicted molar refractivity (Wildman–Crippen MR) is 64.2 cm³/mol. The highest BCUT2D eigenvalue weighted by Crippen LogP contribution is 2.03. The highest BCUT2D eigenvalue weighted by molar-refractivity contribution is 5.13. The Balaban J connectivity index is 2.18. The molecule has 0 heterocycles. The fourth-order valence-electron chi connectivity index (χ4n) is 1.50. The van der Waals surface area contributed by atoms with Crippen molar-refractivity contribution in [3.63, 3.8) is 0 Å². The topological polar surface area (TPSA) is 21.3 Å². The molecular weight excluding hydrogens is 224 g/mol. The molecule has 2 unspecified atom stereocenters. The Labute approximate surface area is 101 Å². The lowest BCUT2D eigenvalue weighted by Gasteiger charge is -2.19. The van der Waals surface area contributed by atoms with Crippen molar-refractivity contribution < 1.29 is 13.5 Å². The smallest absolute Gasteiger partial charge is 0.253 e. The standard InChI is InChI=1S/C13H19F2NO/c1-10(16-11(2)13(14)15)8-17-9-12-6-4-3-5-7-12/h3-7,10-11,13,16H,8-9H2,1-2H3. The molecule has 1 N–H and O–H groups in total. The third kappa shape index (κ3) is 5.75. The number of hydrogen-bond acceptors (Lipinski definition) is 2. The van der Waals surface area contributed by atoms with Crippen LogP contribution in [-0.4, -0.2) is 25.1 Å². The summed E-state index contributed by atoms with van der Waals surface area (Å²) < 4.78 is 30.0. The zero-order valence-corrected chi connectivity index (χ0v) is 10.2. The van der Waals surface area contributed by atoms with Gasteiger partial charge in [-0.3, -0.25) is 0 Å². The summed E-state index contributed by atoms with van der Waals surface area (Å²) in [5.41, 5.74) is 1.08. The van der Waals surface area contributed by atoms with Gasteiger partial charge < -0.3 is 10.1 Å². The Hall–Kier alpha value is -1.00. The number of benzene rings is 1. The molecule has 0 amide bonds. The lowest BCUT2D eigenvalue weighted by atomic mass is 10.2. The number of rotatable bonds is 7. The van der Waals surface area contributed by atoms with Gasteiger partial charge in [0.1, 0.15) is 0 Å². The monoisotopic (exact) mass is 243 g/mol. The minimum atomic E-state index is -2.34. The van der Waals surface area contributed by atoms with Gasteiger partial charge in [-0.1, -0.05) is 30.3 Å². The first-order chi connectivity index (χ1) is 8.09. The van der Waals surface area contributed by atoms with Crippen LogP contribution in [0.25, 0.3) is 0 Å². The van der Waals surface area contributed by atoms with Crippen LogP contribution in [0.2, 0.25) is 0 Å². The van der Waals surface area contributed by atoms with Crippen molar-refractivity contribution in [3.8, 4) is 0 Å². The second kappa shape index (κ2) is 7.35. The zero-order valence-electron chi connectivity index (χ0n) is 10.2. The minimum absolute atomic E-state index is 0.0808. The molecule has 0 saturated carbocycles. The molecular formula is C13H19F2NO. The Morgan fingerprint density at radius 3 is 2.41 bits per heavy atom. The number of nitrogens with one attached hydrogen (secondary N) is 1. The van der Waals surface area contributed by atoms with Crippen LogP contribution in [0.1, 0.15) is 19.4 Å². The summed E-state index contributed by atoms with van der Waals surface area (Å²) in [4.78, 5) is 0. The van der Waals surface area contributed by atoms with Crippen LogP contribution in [0.4, 0.5) is 8.78 Å². The van der Waals surface area contributed by atoms with E-state index in [1.54, 1.807) is 0 Å². The van der Waals surface area contributed by atoms with Gasteiger partial charge in [0.05, 0.1) is 19.3 Å².